The van der Waals surface area contributed by atoms with Gasteiger partial charge in [0.1, 0.15) is 54.0 Å². The summed E-state index contributed by atoms with van der Waals surface area (Å²) in [5, 5.41) is 6.50. The molecule has 234 valence electrons. The van der Waals surface area contributed by atoms with E-state index < -0.39 is 17.5 Å². The van der Waals surface area contributed by atoms with Crippen molar-refractivity contribution >= 4 is 23.3 Å². The second-order valence-corrected chi connectivity index (χ2v) is 11.9. The number of likely N-dealkylation sites (N-methyl/N-ethyl adjacent to an activating group) is 1. The lowest BCUT2D eigenvalue weighted by Crippen LogP contribution is -2.52. The number of fused-ring (bicyclic) bond motifs is 1. The van der Waals surface area contributed by atoms with Crippen LogP contribution in [0, 0.1) is 12.7 Å². The minimum Gasteiger partial charge on any atom is -0.496 e. The molecule has 0 aromatic heterocycles. The molecule has 2 aliphatic heterocycles. The van der Waals surface area contributed by atoms with Gasteiger partial charge in [-0.2, -0.15) is 0 Å². The van der Waals surface area contributed by atoms with Crippen LogP contribution in [0.4, 0.5) is 15.8 Å². The maximum absolute atomic E-state index is 14.1. The van der Waals surface area contributed by atoms with Gasteiger partial charge in [0, 0.05) is 30.3 Å². The van der Waals surface area contributed by atoms with Crippen molar-refractivity contribution in [3.63, 3.8) is 0 Å². The number of halogens is 1. The molecular formula is C34H40FN3O6. The highest BCUT2D eigenvalue weighted by molar-refractivity contribution is 6.08. The second-order valence-electron chi connectivity index (χ2n) is 11.9. The van der Waals surface area contributed by atoms with Crippen LogP contribution in [-0.2, 0) is 20.9 Å². The van der Waals surface area contributed by atoms with E-state index in [1.165, 1.54) is 12.1 Å². The number of rotatable bonds is 10. The number of hydrogen-bond acceptors (Lipinski definition) is 8. The van der Waals surface area contributed by atoms with Gasteiger partial charge in [-0.1, -0.05) is 12.1 Å². The first-order valence-corrected chi connectivity index (χ1v) is 14.8. The molecule has 0 radical (unpaired) electrons. The smallest absolute Gasteiger partial charge is 0.323 e. The van der Waals surface area contributed by atoms with Crippen LogP contribution in [0.2, 0.25) is 0 Å². The largest absolute Gasteiger partial charge is 0.496 e. The van der Waals surface area contributed by atoms with Crippen molar-refractivity contribution in [3.8, 4) is 28.4 Å². The standard InChI is InChI=1S/C34H40FN3O6/c1-20-9-10-22(35)16-29(20)43-19-26-24(13-14-27-31(26)38(5)33(40)34(3,4)37-27)25-12-11-23(17-30(25)41-6)42-18-21(2)44-32(39)28-8-7-15-36-28/h9-14,16-17,21,28,36-37H,7-8,15,18-19H2,1-6H3/t21-,28-/m0/s1. The number of carbonyl (C=O) groups is 2. The average molecular weight is 606 g/mol. The molecule has 10 heteroatoms. The highest BCUT2D eigenvalue weighted by Crippen LogP contribution is 2.45. The van der Waals surface area contributed by atoms with Crippen molar-refractivity contribution in [3.05, 3.63) is 65.5 Å². The average Bonchev–Trinajstić information content (AvgIpc) is 3.54. The maximum atomic E-state index is 14.1. The van der Waals surface area contributed by atoms with Crippen molar-refractivity contribution in [2.24, 2.45) is 0 Å². The zero-order valence-electron chi connectivity index (χ0n) is 26.1. The fraction of sp³-hybridized carbons (Fsp3) is 0.412. The molecule has 0 unspecified atom stereocenters. The highest BCUT2D eigenvalue weighted by Gasteiger charge is 2.39. The quantitative estimate of drug-likeness (QED) is 0.288. The van der Waals surface area contributed by atoms with Crippen LogP contribution in [0.5, 0.6) is 17.2 Å². The van der Waals surface area contributed by atoms with Crippen LogP contribution in [0.15, 0.2) is 48.5 Å². The molecule has 1 fully saturated rings. The first kappa shape index (κ1) is 31.1. The van der Waals surface area contributed by atoms with Gasteiger partial charge >= 0.3 is 5.97 Å². The third-order valence-corrected chi connectivity index (χ3v) is 8.04. The molecule has 44 heavy (non-hydrogen) atoms. The number of nitrogens with one attached hydrogen (secondary N) is 2. The first-order chi connectivity index (χ1) is 21.0. The Morgan fingerprint density at radius 2 is 1.86 bits per heavy atom. The predicted molar refractivity (Wildman–Crippen MR) is 167 cm³/mol. The molecule has 2 N–H and O–H groups in total. The molecule has 2 aliphatic rings. The number of carbonyl (C=O) groups excluding carboxylic acids is 2. The molecule has 2 heterocycles. The number of ether oxygens (including phenoxy) is 4. The lowest BCUT2D eigenvalue weighted by atomic mass is 9.91. The van der Waals surface area contributed by atoms with Gasteiger partial charge in [-0.3, -0.25) is 9.59 Å². The Morgan fingerprint density at radius 3 is 2.59 bits per heavy atom. The van der Waals surface area contributed by atoms with Gasteiger partial charge in [0.2, 0.25) is 0 Å². The minimum atomic E-state index is -0.795. The number of nitrogens with zero attached hydrogens (tertiary/aromatic N) is 1. The monoisotopic (exact) mass is 605 g/mol. The van der Waals surface area contributed by atoms with Crippen molar-refractivity contribution in [1.82, 2.24) is 5.32 Å². The number of methoxy groups -OCH3 is 1. The van der Waals surface area contributed by atoms with Gasteiger partial charge in [0.25, 0.3) is 5.91 Å². The van der Waals surface area contributed by atoms with E-state index in [4.69, 9.17) is 18.9 Å². The lowest BCUT2D eigenvalue weighted by Gasteiger charge is -2.39. The fourth-order valence-electron chi connectivity index (χ4n) is 5.71. The zero-order valence-corrected chi connectivity index (χ0v) is 26.1. The second kappa shape index (κ2) is 12.7. The van der Waals surface area contributed by atoms with E-state index in [1.807, 2.05) is 45.0 Å². The van der Waals surface area contributed by atoms with Crippen molar-refractivity contribution in [2.45, 2.75) is 64.8 Å². The lowest BCUT2D eigenvalue weighted by molar-refractivity contribution is -0.151. The molecule has 3 aromatic carbocycles. The van der Waals surface area contributed by atoms with Crippen molar-refractivity contribution in [1.29, 1.82) is 0 Å². The molecule has 5 rings (SSSR count). The molecular weight excluding hydrogens is 565 g/mol. The van der Waals surface area contributed by atoms with E-state index in [0.717, 1.165) is 47.3 Å². The number of esters is 1. The SMILES string of the molecule is COc1cc(OC[C@H](C)OC(=O)[C@@H]2CCCN2)ccc1-c1ccc2c(c1COc1cc(F)ccc1C)N(C)C(=O)C(C)(C)N2. The fourth-order valence-corrected chi connectivity index (χ4v) is 5.71. The van der Waals surface area contributed by atoms with E-state index in [0.29, 0.717) is 22.9 Å². The third kappa shape index (κ3) is 6.45. The summed E-state index contributed by atoms with van der Waals surface area (Å²) in [6, 6.07) is 13.5. The number of anilines is 2. The molecule has 0 saturated carbocycles. The topological polar surface area (TPSA) is 98.4 Å². The normalized spacial score (nSPS) is 17.8. The minimum absolute atomic E-state index is 0.0721. The van der Waals surface area contributed by atoms with E-state index in [9.17, 15) is 14.0 Å². The van der Waals surface area contributed by atoms with Gasteiger partial charge in [0.05, 0.1) is 18.5 Å². The predicted octanol–water partition coefficient (Wildman–Crippen LogP) is 5.62. The van der Waals surface area contributed by atoms with Crippen LogP contribution < -0.4 is 29.7 Å². The molecule has 0 bridgehead atoms. The van der Waals surface area contributed by atoms with E-state index in [1.54, 1.807) is 38.1 Å². The first-order valence-electron chi connectivity index (χ1n) is 14.8. The van der Waals surface area contributed by atoms with E-state index in [2.05, 4.69) is 10.6 Å². The molecule has 0 aliphatic carbocycles. The van der Waals surface area contributed by atoms with Gasteiger partial charge < -0.3 is 34.5 Å². The van der Waals surface area contributed by atoms with Crippen LogP contribution in [-0.4, -0.2) is 56.9 Å². The number of amides is 1. The Morgan fingerprint density at radius 1 is 1.09 bits per heavy atom. The van der Waals surface area contributed by atoms with Gasteiger partial charge in [0.15, 0.2) is 0 Å². The molecule has 2 atom stereocenters. The number of benzene rings is 3. The van der Waals surface area contributed by atoms with Crippen molar-refractivity contribution < 1.29 is 32.9 Å². The summed E-state index contributed by atoms with van der Waals surface area (Å²) in [5.41, 5.74) is 3.73. The Balaban J connectivity index is 1.44. The summed E-state index contributed by atoms with van der Waals surface area (Å²) in [7, 11) is 3.32. The Hall–Kier alpha value is -4.31. The summed E-state index contributed by atoms with van der Waals surface area (Å²) in [6.07, 6.45) is 1.30. The third-order valence-electron chi connectivity index (χ3n) is 8.04. The van der Waals surface area contributed by atoms with E-state index >= 15 is 0 Å². The summed E-state index contributed by atoms with van der Waals surface area (Å²) in [4.78, 5) is 27.3. The van der Waals surface area contributed by atoms with Crippen molar-refractivity contribution in [2.75, 3.05) is 37.5 Å². The van der Waals surface area contributed by atoms with Gasteiger partial charge in [-0.15, -0.1) is 0 Å². The Labute approximate surface area is 257 Å². The van der Waals surface area contributed by atoms with Crippen LogP contribution in [0.25, 0.3) is 11.1 Å². The molecule has 0 spiro atoms. The summed E-state index contributed by atoms with van der Waals surface area (Å²) >= 11 is 0. The molecule has 1 saturated heterocycles. The molecule has 9 nitrogen and oxygen atoms in total. The zero-order chi connectivity index (χ0) is 31.6. The molecule has 3 aromatic rings. The summed E-state index contributed by atoms with van der Waals surface area (Å²) in [6.45, 7) is 8.40. The molecule has 1 amide bonds. The highest BCUT2D eigenvalue weighted by atomic mass is 19.1. The van der Waals surface area contributed by atoms with E-state index in [-0.39, 0.29) is 31.1 Å². The number of aryl methyl sites for hydroxylation is 1. The maximum Gasteiger partial charge on any atom is 0.323 e. The van der Waals surface area contributed by atoms with Gasteiger partial charge in [-0.05, 0) is 82.5 Å². The summed E-state index contributed by atoms with van der Waals surface area (Å²) < 4.78 is 37.6. The van der Waals surface area contributed by atoms with Crippen LogP contribution in [0.1, 0.15) is 44.7 Å². The van der Waals surface area contributed by atoms with Gasteiger partial charge in [-0.25, -0.2) is 4.39 Å². The Bertz CT molecular complexity index is 1550. The Kier molecular flexibility index (Phi) is 9.01. The van der Waals surface area contributed by atoms with Crippen LogP contribution >= 0.6 is 0 Å². The number of hydrogen-bond donors (Lipinski definition) is 2. The summed E-state index contributed by atoms with van der Waals surface area (Å²) in [5.74, 6) is 0.759. The van der Waals surface area contributed by atoms with Crippen LogP contribution in [0.3, 0.4) is 0 Å².